The van der Waals surface area contributed by atoms with Crippen LogP contribution >= 0.6 is 0 Å². The van der Waals surface area contributed by atoms with E-state index in [-0.39, 0.29) is 11.7 Å². The molecule has 4 heteroatoms. The average Bonchev–Trinajstić information content (AvgIpc) is 2.95. The summed E-state index contributed by atoms with van der Waals surface area (Å²) in [6.45, 7) is 2.89. The van der Waals surface area contributed by atoms with Crippen molar-refractivity contribution in [3.63, 3.8) is 0 Å². The molecule has 15 heavy (non-hydrogen) atoms. The number of amides is 1. The molecule has 0 saturated heterocycles. The number of aromatic nitrogens is 1. The molecule has 2 rings (SSSR count). The number of nitrogens with zero attached hydrogens (tertiary/aromatic N) is 1. The molecular weight excluding hydrogens is 190 g/mol. The normalized spacial score (nSPS) is 17.1. The second-order valence-corrected chi connectivity index (χ2v) is 4.43. The monoisotopic (exact) mass is 205 g/mol. The first-order valence-electron chi connectivity index (χ1n) is 5.09. The minimum absolute atomic E-state index is 0.131. The van der Waals surface area contributed by atoms with Crippen molar-refractivity contribution in [1.82, 2.24) is 10.3 Å². The van der Waals surface area contributed by atoms with E-state index in [4.69, 9.17) is 5.73 Å². The molecule has 1 heterocycles. The SMILES string of the molecule is CC1(CNC(=O)c2cccnc2N)CC1. The maximum atomic E-state index is 11.7. The number of hydrogen-bond donors (Lipinski definition) is 2. The molecule has 0 atom stereocenters. The lowest BCUT2D eigenvalue weighted by Gasteiger charge is -2.10. The van der Waals surface area contributed by atoms with Gasteiger partial charge < -0.3 is 11.1 Å². The first-order valence-corrected chi connectivity index (χ1v) is 5.09. The van der Waals surface area contributed by atoms with Gasteiger partial charge in [-0.15, -0.1) is 0 Å². The maximum absolute atomic E-state index is 11.7. The standard InChI is InChI=1S/C11H15N3O/c1-11(4-5-11)7-14-10(15)8-3-2-6-13-9(8)12/h2-3,6H,4-5,7H2,1H3,(H2,12,13)(H,14,15). The Labute approximate surface area is 88.9 Å². The zero-order valence-corrected chi connectivity index (χ0v) is 8.79. The van der Waals surface area contributed by atoms with Crippen molar-refractivity contribution in [3.05, 3.63) is 23.9 Å². The predicted molar refractivity (Wildman–Crippen MR) is 58.3 cm³/mol. The van der Waals surface area contributed by atoms with E-state index in [1.807, 2.05) is 0 Å². The van der Waals surface area contributed by atoms with Gasteiger partial charge in [0.1, 0.15) is 5.82 Å². The third kappa shape index (κ3) is 2.26. The van der Waals surface area contributed by atoms with Crippen molar-refractivity contribution in [3.8, 4) is 0 Å². The van der Waals surface area contributed by atoms with Crippen LogP contribution in [0.25, 0.3) is 0 Å². The third-order valence-corrected chi connectivity index (χ3v) is 2.86. The lowest BCUT2D eigenvalue weighted by atomic mass is 10.1. The lowest BCUT2D eigenvalue weighted by Crippen LogP contribution is -2.29. The summed E-state index contributed by atoms with van der Waals surface area (Å²) in [7, 11) is 0. The summed E-state index contributed by atoms with van der Waals surface area (Å²) in [6, 6.07) is 3.40. The zero-order valence-electron chi connectivity index (χ0n) is 8.79. The van der Waals surface area contributed by atoms with Crippen molar-refractivity contribution < 1.29 is 4.79 Å². The Balaban J connectivity index is 1.99. The molecule has 1 aliphatic carbocycles. The van der Waals surface area contributed by atoms with Crippen LogP contribution in [0.3, 0.4) is 0 Å². The zero-order chi connectivity index (χ0) is 10.9. The van der Waals surface area contributed by atoms with E-state index in [2.05, 4.69) is 17.2 Å². The highest BCUT2D eigenvalue weighted by Crippen LogP contribution is 2.44. The Morgan fingerprint density at radius 1 is 1.67 bits per heavy atom. The van der Waals surface area contributed by atoms with Gasteiger partial charge in [-0.25, -0.2) is 4.98 Å². The van der Waals surface area contributed by atoms with Crippen LogP contribution in [0, 0.1) is 5.41 Å². The molecule has 0 aliphatic heterocycles. The maximum Gasteiger partial charge on any atom is 0.255 e. The Hall–Kier alpha value is -1.58. The molecule has 1 aliphatic rings. The molecule has 1 fully saturated rings. The Bertz CT molecular complexity index is 385. The predicted octanol–water partition coefficient (Wildman–Crippen LogP) is 1.19. The minimum atomic E-state index is -0.131. The van der Waals surface area contributed by atoms with E-state index in [9.17, 15) is 4.79 Å². The van der Waals surface area contributed by atoms with Gasteiger partial charge in [-0.1, -0.05) is 6.92 Å². The fourth-order valence-corrected chi connectivity index (χ4v) is 1.39. The van der Waals surface area contributed by atoms with Crippen LogP contribution in [0.4, 0.5) is 5.82 Å². The number of rotatable bonds is 3. The molecule has 0 spiro atoms. The van der Waals surface area contributed by atoms with Crippen molar-refractivity contribution >= 4 is 11.7 Å². The van der Waals surface area contributed by atoms with Gasteiger partial charge >= 0.3 is 0 Å². The van der Waals surface area contributed by atoms with Gasteiger partial charge in [0.15, 0.2) is 0 Å². The molecule has 3 N–H and O–H groups in total. The van der Waals surface area contributed by atoms with Crippen LogP contribution in [0.1, 0.15) is 30.1 Å². The summed E-state index contributed by atoms with van der Waals surface area (Å²) in [5, 5.41) is 2.88. The smallest absolute Gasteiger partial charge is 0.255 e. The van der Waals surface area contributed by atoms with Crippen molar-refractivity contribution in [2.45, 2.75) is 19.8 Å². The molecule has 0 aromatic carbocycles. The Morgan fingerprint density at radius 3 is 3.00 bits per heavy atom. The number of pyridine rings is 1. The van der Waals surface area contributed by atoms with Gasteiger partial charge in [0, 0.05) is 12.7 Å². The molecule has 0 unspecified atom stereocenters. The number of anilines is 1. The quantitative estimate of drug-likeness (QED) is 0.779. The van der Waals surface area contributed by atoms with Gasteiger partial charge in [0.25, 0.3) is 5.91 Å². The van der Waals surface area contributed by atoms with Gasteiger partial charge in [-0.3, -0.25) is 4.79 Å². The Morgan fingerprint density at radius 2 is 2.40 bits per heavy atom. The van der Waals surface area contributed by atoms with Crippen LogP contribution in [0.2, 0.25) is 0 Å². The second kappa shape index (κ2) is 3.53. The number of hydrogen-bond acceptors (Lipinski definition) is 3. The van der Waals surface area contributed by atoms with E-state index in [1.165, 1.54) is 12.8 Å². The van der Waals surface area contributed by atoms with Gasteiger partial charge in [-0.05, 0) is 30.4 Å². The van der Waals surface area contributed by atoms with Crippen molar-refractivity contribution in [2.24, 2.45) is 5.41 Å². The molecule has 0 radical (unpaired) electrons. The van der Waals surface area contributed by atoms with E-state index in [0.717, 1.165) is 6.54 Å². The molecule has 1 aromatic rings. The van der Waals surface area contributed by atoms with Crippen LogP contribution < -0.4 is 11.1 Å². The van der Waals surface area contributed by atoms with Crippen LogP contribution in [-0.2, 0) is 0 Å². The first kappa shape index (κ1) is 9.96. The number of nitrogen functional groups attached to an aromatic ring is 1. The van der Waals surface area contributed by atoms with E-state index in [0.29, 0.717) is 11.0 Å². The minimum Gasteiger partial charge on any atom is -0.383 e. The van der Waals surface area contributed by atoms with E-state index < -0.39 is 0 Å². The topological polar surface area (TPSA) is 68.0 Å². The largest absolute Gasteiger partial charge is 0.383 e. The number of carbonyl (C=O) groups excluding carboxylic acids is 1. The molecule has 1 saturated carbocycles. The van der Waals surface area contributed by atoms with Crippen molar-refractivity contribution in [2.75, 3.05) is 12.3 Å². The highest BCUT2D eigenvalue weighted by molar-refractivity contribution is 5.98. The summed E-state index contributed by atoms with van der Waals surface area (Å²) in [4.78, 5) is 15.6. The van der Waals surface area contributed by atoms with Crippen LogP contribution in [0.5, 0.6) is 0 Å². The third-order valence-electron chi connectivity index (χ3n) is 2.86. The highest BCUT2D eigenvalue weighted by Gasteiger charge is 2.37. The average molecular weight is 205 g/mol. The van der Waals surface area contributed by atoms with Crippen LogP contribution in [-0.4, -0.2) is 17.4 Å². The van der Waals surface area contributed by atoms with E-state index in [1.54, 1.807) is 18.3 Å². The highest BCUT2D eigenvalue weighted by atomic mass is 16.1. The summed E-state index contributed by atoms with van der Waals surface area (Å²) >= 11 is 0. The molecule has 1 aromatic heterocycles. The second-order valence-electron chi connectivity index (χ2n) is 4.43. The fraction of sp³-hybridized carbons (Fsp3) is 0.455. The van der Waals surface area contributed by atoms with Crippen LogP contribution in [0.15, 0.2) is 18.3 Å². The number of carbonyl (C=O) groups is 1. The lowest BCUT2D eigenvalue weighted by molar-refractivity contribution is 0.0946. The first-order chi connectivity index (χ1) is 7.11. The summed E-state index contributed by atoms with van der Waals surface area (Å²) in [5.41, 5.74) is 6.38. The number of nitrogens with two attached hydrogens (primary N) is 1. The fourth-order valence-electron chi connectivity index (χ4n) is 1.39. The van der Waals surface area contributed by atoms with Gasteiger partial charge in [0.2, 0.25) is 0 Å². The van der Waals surface area contributed by atoms with Crippen molar-refractivity contribution in [1.29, 1.82) is 0 Å². The molecular formula is C11H15N3O. The molecule has 1 amide bonds. The molecule has 4 nitrogen and oxygen atoms in total. The van der Waals surface area contributed by atoms with Gasteiger partial charge in [0.05, 0.1) is 5.56 Å². The van der Waals surface area contributed by atoms with E-state index >= 15 is 0 Å². The Kier molecular flexibility index (Phi) is 2.34. The summed E-state index contributed by atoms with van der Waals surface area (Å²) in [6.07, 6.45) is 3.96. The number of nitrogens with one attached hydrogen (secondary N) is 1. The van der Waals surface area contributed by atoms with Gasteiger partial charge in [-0.2, -0.15) is 0 Å². The molecule has 80 valence electrons. The summed E-state index contributed by atoms with van der Waals surface area (Å²) in [5.74, 6) is 0.157. The summed E-state index contributed by atoms with van der Waals surface area (Å²) < 4.78 is 0. The molecule has 0 bridgehead atoms.